The van der Waals surface area contributed by atoms with Crippen LogP contribution in [0.25, 0.3) is 0 Å². The van der Waals surface area contributed by atoms with Crippen LogP contribution in [-0.4, -0.2) is 10.9 Å². The summed E-state index contributed by atoms with van der Waals surface area (Å²) in [6.45, 7) is 0. The van der Waals surface area contributed by atoms with Crippen LogP contribution >= 0.6 is 0 Å². The monoisotopic (exact) mass is 270 g/mol. The molecule has 0 aliphatic carbocycles. The van der Waals surface area contributed by atoms with Crippen molar-refractivity contribution in [2.75, 3.05) is 5.32 Å². The predicted molar refractivity (Wildman–Crippen MR) is 58.5 cm³/mol. The van der Waals surface area contributed by atoms with E-state index in [-0.39, 0.29) is 5.69 Å². The number of carbonyl (C=O) groups excluding carboxylic acids is 1. The zero-order chi connectivity index (χ0) is 14.0. The highest BCUT2D eigenvalue weighted by molar-refractivity contribution is 6.02. The molecule has 3 nitrogen and oxygen atoms in total. The molecule has 0 spiro atoms. The Morgan fingerprint density at radius 3 is 2.26 bits per heavy atom. The smallest absolute Gasteiger partial charge is 0.274 e. The molecule has 19 heavy (non-hydrogen) atoms. The number of pyridine rings is 1. The zero-order valence-corrected chi connectivity index (χ0v) is 9.25. The minimum atomic E-state index is -1.28. The fourth-order valence-electron chi connectivity index (χ4n) is 1.37. The summed E-state index contributed by atoms with van der Waals surface area (Å²) in [5.74, 6) is -5.59. The van der Waals surface area contributed by atoms with Crippen LogP contribution in [0.2, 0.25) is 0 Å². The topological polar surface area (TPSA) is 42.0 Å². The molecule has 2 rings (SSSR count). The molecule has 0 aliphatic rings. The second-order valence-corrected chi connectivity index (χ2v) is 3.54. The molecule has 1 amide bonds. The summed E-state index contributed by atoms with van der Waals surface area (Å²) in [5.41, 5.74) is -1.18. The van der Waals surface area contributed by atoms with Crippen molar-refractivity contribution in [2.24, 2.45) is 0 Å². The molecule has 7 heteroatoms. The van der Waals surface area contributed by atoms with E-state index < -0.39 is 35.0 Å². The van der Waals surface area contributed by atoms with Crippen molar-refractivity contribution in [3.05, 3.63) is 59.4 Å². The molecule has 0 unspecified atom stereocenters. The van der Waals surface area contributed by atoms with E-state index in [0.717, 1.165) is 12.1 Å². The number of anilines is 1. The van der Waals surface area contributed by atoms with E-state index in [4.69, 9.17) is 0 Å². The number of amides is 1. The average Bonchev–Trinajstić information content (AvgIpc) is 2.33. The second-order valence-electron chi connectivity index (χ2n) is 3.54. The Labute approximate surface area is 104 Å². The van der Waals surface area contributed by atoms with Crippen molar-refractivity contribution in [2.45, 2.75) is 0 Å². The number of nitrogens with one attached hydrogen (secondary N) is 1. The van der Waals surface area contributed by atoms with Gasteiger partial charge in [-0.3, -0.25) is 4.79 Å². The van der Waals surface area contributed by atoms with Gasteiger partial charge in [0.25, 0.3) is 5.91 Å². The fourth-order valence-corrected chi connectivity index (χ4v) is 1.37. The average molecular weight is 270 g/mol. The van der Waals surface area contributed by atoms with Gasteiger partial charge < -0.3 is 5.32 Å². The number of nitrogens with zero attached hydrogens (tertiary/aromatic N) is 1. The first-order chi connectivity index (χ1) is 8.97. The molecule has 0 saturated carbocycles. The maximum atomic E-state index is 13.3. The lowest BCUT2D eigenvalue weighted by Crippen LogP contribution is -2.16. The Kier molecular flexibility index (Phi) is 3.46. The summed E-state index contributed by atoms with van der Waals surface area (Å²) in [6, 6.07) is 4.22. The van der Waals surface area contributed by atoms with Gasteiger partial charge in [0.05, 0.1) is 0 Å². The number of halogens is 4. The van der Waals surface area contributed by atoms with Crippen molar-refractivity contribution >= 4 is 11.6 Å². The van der Waals surface area contributed by atoms with E-state index in [2.05, 4.69) is 4.98 Å². The number of benzene rings is 1. The molecular formula is C12H6F4N2O. The number of rotatable bonds is 2. The van der Waals surface area contributed by atoms with Gasteiger partial charge in [0.15, 0.2) is 11.6 Å². The summed E-state index contributed by atoms with van der Waals surface area (Å²) >= 11 is 0. The van der Waals surface area contributed by atoms with Crippen LogP contribution in [0.3, 0.4) is 0 Å². The molecule has 1 aromatic carbocycles. The zero-order valence-electron chi connectivity index (χ0n) is 9.25. The van der Waals surface area contributed by atoms with Gasteiger partial charge in [-0.15, -0.1) is 0 Å². The fraction of sp³-hybridized carbons (Fsp3) is 0. The quantitative estimate of drug-likeness (QED) is 0.673. The summed E-state index contributed by atoms with van der Waals surface area (Å²) in [7, 11) is 0. The van der Waals surface area contributed by atoms with Gasteiger partial charge in [0.1, 0.15) is 17.2 Å². The molecule has 1 N–H and O–H groups in total. The highest BCUT2D eigenvalue weighted by atomic mass is 19.1. The Hall–Kier alpha value is -2.44. The van der Waals surface area contributed by atoms with Gasteiger partial charge >= 0.3 is 0 Å². The summed E-state index contributed by atoms with van der Waals surface area (Å²) in [6.07, 6.45) is 0. The van der Waals surface area contributed by atoms with Gasteiger partial charge in [-0.1, -0.05) is 6.07 Å². The summed E-state index contributed by atoms with van der Waals surface area (Å²) in [5, 5.41) is 1.86. The normalized spacial score (nSPS) is 10.3. The first kappa shape index (κ1) is 13.0. The van der Waals surface area contributed by atoms with Crippen molar-refractivity contribution in [1.29, 1.82) is 0 Å². The van der Waals surface area contributed by atoms with E-state index in [0.29, 0.717) is 12.1 Å². The largest absolute Gasteiger partial charge is 0.316 e. The Balaban J connectivity index is 2.29. The van der Waals surface area contributed by atoms with E-state index in [1.165, 1.54) is 6.07 Å². The molecule has 0 saturated heterocycles. The predicted octanol–water partition coefficient (Wildman–Crippen LogP) is 2.89. The van der Waals surface area contributed by atoms with Gasteiger partial charge in [0.2, 0.25) is 5.95 Å². The third-order valence-corrected chi connectivity index (χ3v) is 2.19. The van der Waals surface area contributed by atoms with Gasteiger partial charge in [-0.2, -0.15) is 4.39 Å². The summed E-state index contributed by atoms with van der Waals surface area (Å²) in [4.78, 5) is 14.8. The minimum Gasteiger partial charge on any atom is -0.316 e. The lowest BCUT2D eigenvalue weighted by Gasteiger charge is -2.07. The molecule has 98 valence electrons. The molecule has 0 fully saturated rings. The highest BCUT2D eigenvalue weighted by Crippen LogP contribution is 2.20. The van der Waals surface area contributed by atoms with Crippen LogP contribution in [0.5, 0.6) is 0 Å². The maximum absolute atomic E-state index is 13.3. The molecule has 2 aromatic rings. The van der Waals surface area contributed by atoms with Crippen LogP contribution in [0.4, 0.5) is 23.2 Å². The van der Waals surface area contributed by atoms with E-state index >= 15 is 0 Å². The van der Waals surface area contributed by atoms with Crippen LogP contribution in [0.15, 0.2) is 30.3 Å². The second kappa shape index (κ2) is 5.05. The number of hydrogen-bond donors (Lipinski definition) is 1. The third kappa shape index (κ3) is 2.87. The van der Waals surface area contributed by atoms with Crippen LogP contribution in [0.1, 0.15) is 10.5 Å². The van der Waals surface area contributed by atoms with Crippen LogP contribution < -0.4 is 5.32 Å². The Bertz CT molecular complexity index is 622. The maximum Gasteiger partial charge on any atom is 0.274 e. The molecular weight excluding hydrogens is 264 g/mol. The Morgan fingerprint density at radius 1 is 1.05 bits per heavy atom. The third-order valence-electron chi connectivity index (χ3n) is 2.19. The van der Waals surface area contributed by atoms with Gasteiger partial charge in [0, 0.05) is 12.1 Å². The van der Waals surface area contributed by atoms with Crippen molar-refractivity contribution in [3.8, 4) is 0 Å². The lowest BCUT2D eigenvalue weighted by atomic mass is 10.2. The van der Waals surface area contributed by atoms with Crippen molar-refractivity contribution < 1.29 is 22.4 Å². The Morgan fingerprint density at radius 2 is 1.68 bits per heavy atom. The standard InChI is InChI=1S/C12H6F4N2O/c13-6-4-7(14)11(8(15)5-6)18-12(19)9-2-1-3-10(16)17-9/h1-5H,(H,18,19). The molecule has 0 aliphatic heterocycles. The van der Waals surface area contributed by atoms with Crippen molar-refractivity contribution in [3.63, 3.8) is 0 Å². The molecule has 0 radical (unpaired) electrons. The molecule has 0 bridgehead atoms. The first-order valence-corrected chi connectivity index (χ1v) is 5.06. The lowest BCUT2D eigenvalue weighted by molar-refractivity contribution is 0.102. The molecule has 1 aromatic heterocycles. The van der Waals surface area contributed by atoms with Crippen molar-refractivity contribution in [1.82, 2.24) is 4.98 Å². The van der Waals surface area contributed by atoms with E-state index in [1.54, 1.807) is 0 Å². The number of hydrogen-bond acceptors (Lipinski definition) is 2. The van der Waals surface area contributed by atoms with Crippen LogP contribution in [0, 0.1) is 23.4 Å². The SMILES string of the molecule is O=C(Nc1c(F)cc(F)cc1F)c1cccc(F)n1. The first-order valence-electron chi connectivity index (χ1n) is 5.06. The molecule has 1 heterocycles. The molecule has 0 atom stereocenters. The van der Waals surface area contributed by atoms with Crippen LogP contribution in [-0.2, 0) is 0 Å². The van der Waals surface area contributed by atoms with E-state index in [9.17, 15) is 22.4 Å². The highest BCUT2D eigenvalue weighted by Gasteiger charge is 2.16. The minimum absolute atomic E-state index is 0.358. The van der Waals surface area contributed by atoms with Gasteiger partial charge in [-0.05, 0) is 12.1 Å². The van der Waals surface area contributed by atoms with Gasteiger partial charge in [-0.25, -0.2) is 18.2 Å². The van der Waals surface area contributed by atoms with E-state index in [1.807, 2.05) is 5.32 Å². The number of aromatic nitrogens is 1. The summed E-state index contributed by atoms with van der Waals surface area (Å²) < 4.78 is 52.0. The number of carbonyl (C=O) groups is 1.